The zero-order valence-electron chi connectivity index (χ0n) is 13.0. The van der Waals surface area contributed by atoms with Crippen LogP contribution in [0.15, 0.2) is 0 Å². The third kappa shape index (κ3) is 2.36. The number of carbonyl (C=O) groups is 2. The summed E-state index contributed by atoms with van der Waals surface area (Å²) in [5, 5.41) is 0. The molecule has 4 nitrogen and oxygen atoms in total. The van der Waals surface area contributed by atoms with Gasteiger partial charge in [0.15, 0.2) is 11.6 Å². The molecule has 0 radical (unpaired) electrons. The largest absolute Gasteiger partial charge is 0.347 e. The molecule has 2 bridgehead atoms. The van der Waals surface area contributed by atoms with Gasteiger partial charge in [-0.3, -0.25) is 9.59 Å². The molecule has 0 N–H and O–H groups in total. The number of methoxy groups -OCH3 is 1. The van der Waals surface area contributed by atoms with Gasteiger partial charge in [-0.15, -0.1) is 0 Å². The summed E-state index contributed by atoms with van der Waals surface area (Å²) >= 11 is 0. The number of ketones is 2. The molecule has 3 rings (SSSR count). The van der Waals surface area contributed by atoms with Crippen LogP contribution in [0.5, 0.6) is 0 Å². The van der Waals surface area contributed by atoms with Crippen LogP contribution in [-0.2, 0) is 19.1 Å². The van der Waals surface area contributed by atoms with Crippen molar-refractivity contribution in [2.45, 2.75) is 82.0 Å². The molecular weight excluding hydrogens is 268 g/mol. The number of hydrogen-bond donors (Lipinski definition) is 0. The standard InChI is InChI=1S/C17H26O4/c1-20-17-12-8-4-5-9-13(15(17)19)16(21-17)11-7-3-2-6-10-14(16)18/h13H,2-12H2,1H3/t13-,16+,17+/m0/s1. The Labute approximate surface area is 126 Å². The van der Waals surface area contributed by atoms with Crippen molar-refractivity contribution in [3.8, 4) is 0 Å². The Kier molecular flexibility index (Phi) is 4.19. The highest BCUT2D eigenvalue weighted by Gasteiger charge is 2.65. The second-order valence-electron chi connectivity index (χ2n) is 6.80. The molecule has 1 spiro atoms. The molecule has 0 aromatic rings. The van der Waals surface area contributed by atoms with Crippen molar-refractivity contribution in [2.24, 2.45) is 5.92 Å². The Morgan fingerprint density at radius 1 is 1.00 bits per heavy atom. The Morgan fingerprint density at radius 2 is 1.71 bits per heavy atom. The van der Waals surface area contributed by atoms with Crippen LogP contribution in [0.25, 0.3) is 0 Å². The fraction of sp³-hybridized carbons (Fsp3) is 0.882. The van der Waals surface area contributed by atoms with Crippen LogP contribution in [0.1, 0.15) is 70.6 Å². The van der Waals surface area contributed by atoms with E-state index in [9.17, 15) is 9.59 Å². The molecule has 1 saturated heterocycles. The zero-order chi connectivity index (χ0) is 14.9. The molecule has 3 atom stereocenters. The van der Waals surface area contributed by atoms with Gasteiger partial charge in [-0.1, -0.05) is 32.1 Å². The highest BCUT2D eigenvalue weighted by molar-refractivity contribution is 6.00. The Morgan fingerprint density at radius 3 is 2.52 bits per heavy atom. The van der Waals surface area contributed by atoms with Crippen molar-refractivity contribution in [1.29, 1.82) is 0 Å². The SMILES string of the molecule is CO[C@@]12CCCCC[C@@H](C1=O)[C@@]1(CCCCCCC1=O)O2. The van der Waals surface area contributed by atoms with E-state index < -0.39 is 11.4 Å². The first-order chi connectivity index (χ1) is 10.1. The number of carbonyl (C=O) groups excluding carboxylic acids is 2. The maximum Gasteiger partial charge on any atom is 0.230 e. The molecule has 2 aliphatic carbocycles. The molecule has 3 aliphatic rings. The second kappa shape index (κ2) is 5.81. The van der Waals surface area contributed by atoms with Gasteiger partial charge < -0.3 is 9.47 Å². The van der Waals surface area contributed by atoms with E-state index in [1.54, 1.807) is 7.11 Å². The fourth-order valence-corrected chi connectivity index (χ4v) is 4.41. The second-order valence-corrected chi connectivity index (χ2v) is 6.80. The van der Waals surface area contributed by atoms with E-state index in [0.717, 1.165) is 51.4 Å². The predicted molar refractivity (Wildman–Crippen MR) is 77.8 cm³/mol. The number of rotatable bonds is 1. The molecule has 21 heavy (non-hydrogen) atoms. The van der Waals surface area contributed by atoms with Crippen LogP contribution in [0.2, 0.25) is 0 Å². The van der Waals surface area contributed by atoms with Crippen molar-refractivity contribution < 1.29 is 19.1 Å². The summed E-state index contributed by atoms with van der Waals surface area (Å²) in [6, 6.07) is 0. The van der Waals surface area contributed by atoms with Gasteiger partial charge in [0.1, 0.15) is 5.60 Å². The number of ether oxygens (including phenoxy) is 2. The molecule has 0 aromatic carbocycles. The van der Waals surface area contributed by atoms with Crippen molar-refractivity contribution >= 4 is 11.6 Å². The minimum atomic E-state index is -1.15. The minimum absolute atomic E-state index is 0.0265. The van der Waals surface area contributed by atoms with E-state index >= 15 is 0 Å². The minimum Gasteiger partial charge on any atom is -0.347 e. The van der Waals surface area contributed by atoms with Gasteiger partial charge in [0, 0.05) is 20.0 Å². The first-order valence-corrected chi connectivity index (χ1v) is 8.48. The lowest BCUT2D eigenvalue weighted by molar-refractivity contribution is -0.236. The number of hydrogen-bond acceptors (Lipinski definition) is 4. The van der Waals surface area contributed by atoms with Crippen LogP contribution >= 0.6 is 0 Å². The lowest BCUT2D eigenvalue weighted by Crippen LogP contribution is -2.46. The number of Topliss-reactive ketones (excluding diaryl/α,β-unsaturated/α-hetero) is 2. The molecule has 1 heterocycles. The monoisotopic (exact) mass is 294 g/mol. The molecule has 0 aromatic heterocycles. The van der Waals surface area contributed by atoms with Crippen LogP contribution in [0.3, 0.4) is 0 Å². The lowest BCUT2D eigenvalue weighted by Gasteiger charge is -2.34. The van der Waals surface area contributed by atoms with E-state index in [-0.39, 0.29) is 17.5 Å². The topological polar surface area (TPSA) is 52.6 Å². The van der Waals surface area contributed by atoms with E-state index in [0.29, 0.717) is 19.3 Å². The Balaban J connectivity index is 1.99. The Bertz CT molecular complexity index is 433. The molecule has 118 valence electrons. The van der Waals surface area contributed by atoms with Crippen LogP contribution < -0.4 is 0 Å². The highest BCUT2D eigenvalue weighted by Crippen LogP contribution is 2.50. The normalized spacial score (nSPS) is 41.5. The van der Waals surface area contributed by atoms with E-state index in [4.69, 9.17) is 9.47 Å². The van der Waals surface area contributed by atoms with E-state index in [1.165, 1.54) is 0 Å². The van der Waals surface area contributed by atoms with Crippen molar-refractivity contribution in [3.63, 3.8) is 0 Å². The van der Waals surface area contributed by atoms with Crippen LogP contribution in [-0.4, -0.2) is 30.1 Å². The smallest absolute Gasteiger partial charge is 0.230 e. The summed E-state index contributed by atoms with van der Waals surface area (Å²) in [7, 11) is 1.54. The predicted octanol–water partition coefficient (Wildman–Crippen LogP) is 3.17. The van der Waals surface area contributed by atoms with E-state index in [2.05, 4.69) is 0 Å². The van der Waals surface area contributed by atoms with Gasteiger partial charge in [0.2, 0.25) is 5.79 Å². The van der Waals surface area contributed by atoms with Gasteiger partial charge in [-0.2, -0.15) is 0 Å². The third-order valence-electron chi connectivity index (χ3n) is 5.60. The average molecular weight is 294 g/mol. The summed E-state index contributed by atoms with van der Waals surface area (Å²) in [5.41, 5.74) is -0.891. The molecule has 3 fully saturated rings. The van der Waals surface area contributed by atoms with Gasteiger partial charge in [0.05, 0.1) is 5.92 Å². The van der Waals surface area contributed by atoms with Crippen molar-refractivity contribution in [3.05, 3.63) is 0 Å². The summed E-state index contributed by atoms with van der Waals surface area (Å²) < 4.78 is 11.8. The van der Waals surface area contributed by atoms with Gasteiger partial charge in [0.25, 0.3) is 0 Å². The molecule has 1 aliphatic heterocycles. The molecular formula is C17H26O4. The molecule has 2 saturated carbocycles. The van der Waals surface area contributed by atoms with Crippen LogP contribution in [0, 0.1) is 5.92 Å². The van der Waals surface area contributed by atoms with Crippen molar-refractivity contribution in [2.75, 3.05) is 7.11 Å². The molecule has 0 unspecified atom stereocenters. The maximum absolute atomic E-state index is 12.9. The summed E-state index contributed by atoms with van der Waals surface area (Å²) in [6.45, 7) is 0. The summed E-state index contributed by atoms with van der Waals surface area (Å²) in [5.74, 6) is -1.27. The maximum atomic E-state index is 12.9. The fourth-order valence-electron chi connectivity index (χ4n) is 4.41. The average Bonchev–Trinajstić information content (AvgIpc) is 2.75. The van der Waals surface area contributed by atoms with Crippen molar-refractivity contribution in [1.82, 2.24) is 0 Å². The third-order valence-corrected chi connectivity index (χ3v) is 5.60. The van der Waals surface area contributed by atoms with Gasteiger partial charge >= 0.3 is 0 Å². The van der Waals surface area contributed by atoms with Gasteiger partial charge in [-0.05, 0) is 25.7 Å². The van der Waals surface area contributed by atoms with Crippen LogP contribution in [0.4, 0.5) is 0 Å². The molecule has 0 amide bonds. The lowest BCUT2D eigenvalue weighted by atomic mass is 9.73. The first kappa shape index (κ1) is 15.2. The summed E-state index contributed by atoms with van der Waals surface area (Å²) in [4.78, 5) is 25.8. The zero-order valence-corrected chi connectivity index (χ0v) is 13.0. The quantitative estimate of drug-likeness (QED) is 0.745. The van der Waals surface area contributed by atoms with Gasteiger partial charge in [-0.25, -0.2) is 0 Å². The highest BCUT2D eigenvalue weighted by atomic mass is 16.7. The molecule has 4 heteroatoms. The summed E-state index contributed by atoms with van der Waals surface area (Å²) in [6.07, 6.45) is 9.74. The number of fused-ring (bicyclic) bond motifs is 3. The van der Waals surface area contributed by atoms with E-state index in [1.807, 2.05) is 0 Å². The Hall–Kier alpha value is -0.740. The first-order valence-electron chi connectivity index (χ1n) is 8.48.